The predicted molar refractivity (Wildman–Crippen MR) is 95.3 cm³/mol. The maximum atomic E-state index is 13.1. The van der Waals surface area contributed by atoms with Crippen LogP contribution in [0.2, 0.25) is 0 Å². The van der Waals surface area contributed by atoms with Gasteiger partial charge < -0.3 is 14.1 Å². The van der Waals surface area contributed by atoms with Crippen LogP contribution in [0.4, 0.5) is 5.69 Å². The molecule has 5 heteroatoms. The normalized spacial score (nSPS) is 16.4. The first kappa shape index (κ1) is 15.4. The molecule has 126 valence electrons. The van der Waals surface area contributed by atoms with Gasteiger partial charge in [0.1, 0.15) is 23.0 Å². The summed E-state index contributed by atoms with van der Waals surface area (Å²) in [6.45, 7) is 2.41. The molecular formula is C20H17NO4. The molecule has 1 aliphatic heterocycles. The van der Waals surface area contributed by atoms with Crippen LogP contribution in [0.5, 0.6) is 5.75 Å². The summed E-state index contributed by atoms with van der Waals surface area (Å²) in [6.07, 6.45) is 0.663. The van der Waals surface area contributed by atoms with Crippen molar-refractivity contribution in [2.24, 2.45) is 0 Å². The molecule has 2 aromatic carbocycles. The van der Waals surface area contributed by atoms with Gasteiger partial charge in [-0.05, 0) is 30.7 Å². The lowest BCUT2D eigenvalue weighted by atomic mass is 10.1. The highest BCUT2D eigenvalue weighted by Gasteiger charge is 2.31. The van der Waals surface area contributed by atoms with Crippen molar-refractivity contribution in [3.8, 4) is 5.75 Å². The number of hydrogen-bond acceptors (Lipinski definition) is 4. The molecule has 1 aromatic heterocycles. The summed E-state index contributed by atoms with van der Waals surface area (Å²) >= 11 is 0. The lowest BCUT2D eigenvalue weighted by Gasteiger charge is -2.34. The fourth-order valence-corrected chi connectivity index (χ4v) is 3.06. The van der Waals surface area contributed by atoms with Crippen LogP contribution < -0.4 is 15.3 Å². The highest BCUT2D eigenvalue weighted by molar-refractivity contribution is 6.08. The summed E-state index contributed by atoms with van der Waals surface area (Å²) in [5.74, 6) is 0.285. The van der Waals surface area contributed by atoms with Crippen LogP contribution in [0.15, 0.2) is 63.8 Å². The minimum Gasteiger partial charge on any atom is -0.486 e. The summed E-state index contributed by atoms with van der Waals surface area (Å²) in [4.78, 5) is 27.0. The van der Waals surface area contributed by atoms with Gasteiger partial charge >= 0.3 is 5.63 Å². The van der Waals surface area contributed by atoms with Gasteiger partial charge in [0.25, 0.3) is 5.91 Å². The fraction of sp³-hybridized carbons (Fsp3) is 0.200. The second-order valence-electron chi connectivity index (χ2n) is 6.02. The van der Waals surface area contributed by atoms with Gasteiger partial charge in [0.15, 0.2) is 0 Å². The predicted octanol–water partition coefficient (Wildman–Crippen LogP) is 3.61. The fourth-order valence-electron chi connectivity index (χ4n) is 3.06. The maximum absolute atomic E-state index is 13.1. The molecule has 0 bridgehead atoms. The van der Waals surface area contributed by atoms with Gasteiger partial charge in [-0.2, -0.15) is 0 Å². The van der Waals surface area contributed by atoms with E-state index >= 15 is 0 Å². The highest BCUT2D eigenvalue weighted by atomic mass is 16.5. The monoisotopic (exact) mass is 335 g/mol. The average molecular weight is 335 g/mol. The molecule has 4 rings (SSSR count). The molecule has 0 aliphatic carbocycles. The van der Waals surface area contributed by atoms with Crippen molar-refractivity contribution in [1.29, 1.82) is 0 Å². The molecule has 1 atom stereocenters. The van der Waals surface area contributed by atoms with E-state index in [1.54, 1.807) is 23.1 Å². The molecule has 2 heterocycles. The first-order valence-electron chi connectivity index (χ1n) is 8.28. The van der Waals surface area contributed by atoms with Gasteiger partial charge in [0.2, 0.25) is 0 Å². The van der Waals surface area contributed by atoms with Crippen LogP contribution in [-0.2, 0) is 0 Å². The molecular weight excluding hydrogens is 318 g/mol. The Labute approximate surface area is 144 Å². The molecule has 1 aliphatic rings. The van der Waals surface area contributed by atoms with Gasteiger partial charge in [-0.25, -0.2) is 4.79 Å². The Bertz CT molecular complexity index is 1010. The van der Waals surface area contributed by atoms with E-state index in [-0.39, 0.29) is 17.6 Å². The van der Waals surface area contributed by atoms with Gasteiger partial charge in [0.05, 0.1) is 12.2 Å². The maximum Gasteiger partial charge on any atom is 0.349 e. The number of nitrogens with zero attached hydrogens (tertiary/aromatic N) is 1. The third-order valence-electron chi connectivity index (χ3n) is 4.41. The molecule has 0 saturated carbocycles. The Morgan fingerprint density at radius 1 is 1.16 bits per heavy atom. The second-order valence-corrected chi connectivity index (χ2v) is 6.02. The van der Waals surface area contributed by atoms with Crippen LogP contribution >= 0.6 is 0 Å². The Balaban J connectivity index is 1.81. The molecule has 1 amide bonds. The van der Waals surface area contributed by atoms with E-state index in [0.29, 0.717) is 23.6 Å². The molecule has 0 fully saturated rings. The van der Waals surface area contributed by atoms with Gasteiger partial charge in [-0.15, -0.1) is 0 Å². The van der Waals surface area contributed by atoms with Crippen LogP contribution in [0.3, 0.4) is 0 Å². The lowest BCUT2D eigenvalue weighted by Crippen LogP contribution is -2.44. The van der Waals surface area contributed by atoms with Crippen molar-refractivity contribution in [3.63, 3.8) is 0 Å². The minimum atomic E-state index is -0.624. The van der Waals surface area contributed by atoms with E-state index in [1.165, 1.54) is 0 Å². The largest absolute Gasteiger partial charge is 0.486 e. The van der Waals surface area contributed by atoms with Gasteiger partial charge in [-0.3, -0.25) is 4.79 Å². The third-order valence-corrected chi connectivity index (χ3v) is 4.41. The zero-order valence-electron chi connectivity index (χ0n) is 13.8. The summed E-state index contributed by atoms with van der Waals surface area (Å²) in [6, 6.07) is 16.1. The zero-order valence-corrected chi connectivity index (χ0v) is 13.8. The SMILES string of the molecule is CCC1CN(C(=O)c2cc3ccccc3oc2=O)c2ccccc2O1. The molecule has 1 unspecified atom stereocenters. The number of amides is 1. The number of carbonyl (C=O) groups excluding carboxylic acids is 1. The number of para-hydroxylation sites is 3. The number of carbonyl (C=O) groups is 1. The molecule has 3 aromatic rings. The van der Waals surface area contributed by atoms with Gasteiger partial charge in [-0.1, -0.05) is 37.3 Å². The summed E-state index contributed by atoms with van der Waals surface area (Å²) in [5.41, 5.74) is 0.550. The van der Waals surface area contributed by atoms with E-state index in [1.807, 2.05) is 43.3 Å². The van der Waals surface area contributed by atoms with Crippen molar-refractivity contribution in [3.05, 3.63) is 70.6 Å². The lowest BCUT2D eigenvalue weighted by molar-refractivity contribution is 0.0951. The topological polar surface area (TPSA) is 59.8 Å². The van der Waals surface area contributed by atoms with Crippen molar-refractivity contribution < 1.29 is 13.9 Å². The van der Waals surface area contributed by atoms with Crippen molar-refractivity contribution in [1.82, 2.24) is 0 Å². The first-order chi connectivity index (χ1) is 12.2. The zero-order chi connectivity index (χ0) is 17.4. The van der Waals surface area contributed by atoms with E-state index in [4.69, 9.17) is 9.15 Å². The molecule has 25 heavy (non-hydrogen) atoms. The Morgan fingerprint density at radius 3 is 2.76 bits per heavy atom. The van der Waals surface area contributed by atoms with E-state index < -0.39 is 5.63 Å². The quantitative estimate of drug-likeness (QED) is 0.671. The number of fused-ring (bicyclic) bond motifs is 2. The summed E-state index contributed by atoms with van der Waals surface area (Å²) in [7, 11) is 0. The van der Waals surface area contributed by atoms with Gasteiger partial charge in [0, 0.05) is 5.39 Å². The third kappa shape index (κ3) is 2.67. The Morgan fingerprint density at radius 2 is 1.92 bits per heavy atom. The Kier molecular flexibility index (Phi) is 3.76. The Hall–Kier alpha value is -3.08. The molecule has 0 saturated heterocycles. The second kappa shape index (κ2) is 6.09. The number of ether oxygens (including phenoxy) is 1. The van der Waals surface area contributed by atoms with E-state index in [9.17, 15) is 9.59 Å². The number of benzene rings is 2. The van der Waals surface area contributed by atoms with Crippen LogP contribution in [-0.4, -0.2) is 18.6 Å². The number of anilines is 1. The van der Waals surface area contributed by atoms with Crippen molar-refractivity contribution in [2.45, 2.75) is 19.4 Å². The number of hydrogen-bond donors (Lipinski definition) is 0. The molecule has 0 spiro atoms. The molecule has 0 N–H and O–H groups in total. The molecule has 5 nitrogen and oxygen atoms in total. The van der Waals surface area contributed by atoms with Crippen LogP contribution in [0.25, 0.3) is 11.0 Å². The van der Waals surface area contributed by atoms with Crippen molar-refractivity contribution >= 4 is 22.6 Å². The van der Waals surface area contributed by atoms with Crippen LogP contribution in [0.1, 0.15) is 23.7 Å². The van der Waals surface area contributed by atoms with Crippen LogP contribution in [0, 0.1) is 0 Å². The average Bonchev–Trinajstić information content (AvgIpc) is 2.66. The first-order valence-corrected chi connectivity index (χ1v) is 8.28. The molecule has 0 radical (unpaired) electrons. The van der Waals surface area contributed by atoms with E-state index in [0.717, 1.165) is 11.8 Å². The summed E-state index contributed by atoms with van der Waals surface area (Å²) < 4.78 is 11.2. The van der Waals surface area contributed by atoms with Crippen molar-refractivity contribution in [2.75, 3.05) is 11.4 Å². The minimum absolute atomic E-state index is 0.0326. The smallest absolute Gasteiger partial charge is 0.349 e. The standard InChI is InChI=1S/C20H17NO4/c1-2-14-12-21(16-8-4-6-10-18(16)24-14)19(22)15-11-13-7-3-5-9-17(13)25-20(15)23/h3-11,14H,2,12H2,1H3. The number of rotatable bonds is 2. The summed E-state index contributed by atoms with van der Waals surface area (Å²) in [5, 5.41) is 0.721. The highest BCUT2D eigenvalue weighted by Crippen LogP contribution is 2.34. The van der Waals surface area contributed by atoms with E-state index in [2.05, 4.69) is 0 Å².